The fourth-order valence-corrected chi connectivity index (χ4v) is 2.94. The number of aromatic nitrogens is 2. The average Bonchev–Trinajstić information content (AvgIpc) is 2.51. The van der Waals surface area contributed by atoms with Gasteiger partial charge in [-0.2, -0.15) is 0 Å². The highest BCUT2D eigenvalue weighted by molar-refractivity contribution is 7.71. The smallest absolute Gasteiger partial charge is 0.256 e. The Bertz CT molecular complexity index is 840. The van der Waals surface area contributed by atoms with Crippen molar-refractivity contribution in [2.75, 3.05) is 13.7 Å². The highest BCUT2D eigenvalue weighted by atomic mass is 32.1. The number of benzene rings is 1. The molecular weight excluding hydrogens is 324 g/mol. The van der Waals surface area contributed by atoms with Crippen LogP contribution in [0.1, 0.15) is 16.8 Å². The van der Waals surface area contributed by atoms with E-state index in [1.807, 2.05) is 4.90 Å². The summed E-state index contributed by atoms with van der Waals surface area (Å²) in [6.45, 7) is 0.963. The van der Waals surface area contributed by atoms with E-state index in [0.717, 1.165) is 17.8 Å². The van der Waals surface area contributed by atoms with Gasteiger partial charge in [0.1, 0.15) is 17.4 Å². The molecule has 1 aliphatic rings. The number of nitrogens with zero attached hydrogens (tertiary/aromatic N) is 1. The Morgan fingerprint density at radius 2 is 2.00 bits per heavy atom. The number of aromatic amines is 2. The average molecular weight is 339 g/mol. The maximum Gasteiger partial charge on any atom is 0.256 e. The van der Waals surface area contributed by atoms with Crippen molar-refractivity contribution in [2.45, 2.75) is 19.5 Å². The maximum absolute atomic E-state index is 14.0. The zero-order chi connectivity index (χ0) is 16.6. The lowest BCUT2D eigenvalue weighted by Gasteiger charge is -2.28. The highest BCUT2D eigenvalue weighted by Gasteiger charge is 2.22. The molecule has 0 radical (unpaired) electrons. The van der Waals surface area contributed by atoms with Crippen LogP contribution in [0.4, 0.5) is 8.78 Å². The second-order valence-electron chi connectivity index (χ2n) is 5.40. The third kappa shape index (κ3) is 3.18. The molecule has 8 heteroatoms. The van der Waals surface area contributed by atoms with Crippen molar-refractivity contribution in [3.63, 3.8) is 0 Å². The summed E-state index contributed by atoms with van der Waals surface area (Å²) in [6.07, 6.45) is 0.572. The zero-order valence-electron chi connectivity index (χ0n) is 12.4. The largest absolute Gasteiger partial charge is 0.497 e. The van der Waals surface area contributed by atoms with Gasteiger partial charge < -0.3 is 9.72 Å². The number of H-pyrrole nitrogens is 2. The van der Waals surface area contributed by atoms with Crippen molar-refractivity contribution in [3.05, 3.63) is 55.7 Å². The molecule has 0 aliphatic carbocycles. The molecule has 0 bridgehead atoms. The van der Waals surface area contributed by atoms with Gasteiger partial charge in [0.05, 0.1) is 12.7 Å². The van der Waals surface area contributed by atoms with E-state index in [4.69, 9.17) is 17.0 Å². The summed E-state index contributed by atoms with van der Waals surface area (Å²) in [6, 6.07) is 2.31. The van der Waals surface area contributed by atoms with E-state index >= 15 is 0 Å². The highest BCUT2D eigenvalue weighted by Crippen LogP contribution is 2.23. The van der Waals surface area contributed by atoms with Crippen molar-refractivity contribution in [1.29, 1.82) is 0 Å². The number of nitrogens with one attached hydrogen (secondary N) is 2. The minimum absolute atomic E-state index is 0.0328. The van der Waals surface area contributed by atoms with Gasteiger partial charge in [-0.1, -0.05) is 0 Å². The zero-order valence-corrected chi connectivity index (χ0v) is 13.2. The van der Waals surface area contributed by atoms with E-state index in [1.165, 1.54) is 7.11 Å². The van der Waals surface area contributed by atoms with Gasteiger partial charge >= 0.3 is 0 Å². The molecule has 1 aliphatic heterocycles. The molecule has 2 N–H and O–H groups in total. The lowest BCUT2D eigenvalue weighted by atomic mass is 10.1. The molecule has 1 aromatic carbocycles. The van der Waals surface area contributed by atoms with Gasteiger partial charge in [-0.05, 0) is 12.2 Å². The Labute approximate surface area is 135 Å². The molecule has 3 rings (SSSR count). The van der Waals surface area contributed by atoms with Crippen LogP contribution in [0.3, 0.4) is 0 Å². The van der Waals surface area contributed by atoms with Crippen LogP contribution in [0.25, 0.3) is 0 Å². The SMILES string of the molecule is COc1cc(F)c(CN2CCc3[nH]c(=S)[nH]c(=O)c3C2)c(F)c1. The van der Waals surface area contributed by atoms with E-state index in [0.29, 0.717) is 25.1 Å². The van der Waals surface area contributed by atoms with E-state index in [1.54, 1.807) is 0 Å². The van der Waals surface area contributed by atoms with Crippen molar-refractivity contribution < 1.29 is 13.5 Å². The number of ether oxygens (including phenoxy) is 1. The van der Waals surface area contributed by atoms with Gasteiger partial charge in [0.2, 0.25) is 0 Å². The Balaban J connectivity index is 1.86. The first-order valence-electron chi connectivity index (χ1n) is 7.06. The minimum atomic E-state index is -0.658. The molecule has 0 spiro atoms. The topological polar surface area (TPSA) is 61.1 Å². The van der Waals surface area contributed by atoms with E-state index < -0.39 is 11.6 Å². The van der Waals surface area contributed by atoms with Crippen molar-refractivity contribution in [1.82, 2.24) is 14.9 Å². The predicted octanol–water partition coefficient (Wildman–Crippen LogP) is 2.28. The van der Waals surface area contributed by atoms with Crippen LogP contribution in [-0.2, 0) is 19.5 Å². The van der Waals surface area contributed by atoms with Crippen molar-refractivity contribution >= 4 is 12.2 Å². The Morgan fingerprint density at radius 1 is 1.30 bits per heavy atom. The molecule has 0 saturated carbocycles. The summed E-state index contributed by atoms with van der Waals surface area (Å²) in [5, 5.41) is 0. The summed E-state index contributed by atoms with van der Waals surface area (Å²) in [4.78, 5) is 19.3. The number of rotatable bonds is 3. The first-order valence-corrected chi connectivity index (χ1v) is 7.47. The van der Waals surface area contributed by atoms with E-state index in [-0.39, 0.29) is 28.2 Å². The Hall–Kier alpha value is -2.06. The molecule has 122 valence electrons. The third-order valence-corrected chi connectivity index (χ3v) is 4.13. The van der Waals surface area contributed by atoms with Crippen molar-refractivity contribution in [3.8, 4) is 5.75 Å². The van der Waals surface area contributed by atoms with Gasteiger partial charge in [-0.3, -0.25) is 14.7 Å². The summed E-state index contributed by atoms with van der Waals surface area (Å²) >= 11 is 4.94. The standard InChI is InChI=1S/C15H15F2N3O2S/c1-22-8-4-11(16)9(12(17)5-8)6-20-3-2-13-10(7-20)14(21)19-15(23)18-13/h4-5H,2-3,6-7H2,1H3,(H2,18,19,21,23). The summed E-state index contributed by atoms with van der Waals surface area (Å²) in [7, 11) is 1.35. The second kappa shape index (κ2) is 6.21. The summed E-state index contributed by atoms with van der Waals surface area (Å²) in [5.41, 5.74) is 1.04. The molecule has 5 nitrogen and oxygen atoms in total. The van der Waals surface area contributed by atoms with Crippen LogP contribution in [0.5, 0.6) is 5.75 Å². The number of halogens is 2. The first kappa shape index (κ1) is 15.8. The predicted molar refractivity (Wildman–Crippen MR) is 83.0 cm³/mol. The molecule has 2 aromatic rings. The van der Waals surface area contributed by atoms with Gasteiger partial charge in [0, 0.05) is 49.4 Å². The molecule has 0 atom stereocenters. The normalized spacial score (nSPS) is 14.6. The van der Waals surface area contributed by atoms with Crippen LogP contribution in [0.2, 0.25) is 0 Å². The molecule has 1 aromatic heterocycles. The summed E-state index contributed by atoms with van der Waals surface area (Å²) in [5.74, 6) is -1.18. The fourth-order valence-electron chi connectivity index (χ4n) is 2.72. The Morgan fingerprint density at radius 3 is 2.65 bits per heavy atom. The van der Waals surface area contributed by atoms with Crippen LogP contribution in [0, 0.1) is 16.4 Å². The van der Waals surface area contributed by atoms with E-state index in [2.05, 4.69) is 9.97 Å². The second-order valence-corrected chi connectivity index (χ2v) is 5.80. The molecule has 0 saturated heterocycles. The van der Waals surface area contributed by atoms with Crippen LogP contribution >= 0.6 is 12.2 Å². The molecule has 23 heavy (non-hydrogen) atoms. The number of hydrogen-bond donors (Lipinski definition) is 2. The minimum Gasteiger partial charge on any atom is -0.497 e. The van der Waals surface area contributed by atoms with Gasteiger partial charge in [0.15, 0.2) is 4.77 Å². The number of methoxy groups -OCH3 is 1. The third-order valence-electron chi connectivity index (χ3n) is 3.92. The quantitative estimate of drug-likeness (QED) is 0.843. The van der Waals surface area contributed by atoms with Crippen molar-refractivity contribution in [2.24, 2.45) is 0 Å². The lowest BCUT2D eigenvalue weighted by molar-refractivity contribution is 0.234. The van der Waals surface area contributed by atoms with Gasteiger partial charge in [0.25, 0.3) is 5.56 Å². The van der Waals surface area contributed by atoms with Crippen LogP contribution < -0.4 is 10.3 Å². The molecule has 2 heterocycles. The fraction of sp³-hybridized carbons (Fsp3) is 0.333. The van der Waals surface area contributed by atoms with Gasteiger partial charge in [-0.15, -0.1) is 0 Å². The van der Waals surface area contributed by atoms with Crippen LogP contribution in [0.15, 0.2) is 16.9 Å². The molecule has 0 unspecified atom stereocenters. The molecule has 0 fully saturated rings. The van der Waals surface area contributed by atoms with Crippen LogP contribution in [-0.4, -0.2) is 28.5 Å². The lowest BCUT2D eigenvalue weighted by Crippen LogP contribution is -2.35. The maximum atomic E-state index is 14.0. The van der Waals surface area contributed by atoms with Gasteiger partial charge in [-0.25, -0.2) is 8.78 Å². The number of fused-ring (bicyclic) bond motifs is 1. The summed E-state index contributed by atoms with van der Waals surface area (Å²) < 4.78 is 33.2. The van der Waals surface area contributed by atoms with E-state index in [9.17, 15) is 13.6 Å². The Kier molecular flexibility index (Phi) is 4.27. The molecular formula is C15H15F2N3O2S. The first-order chi connectivity index (χ1) is 11.0. The molecule has 0 amide bonds. The number of hydrogen-bond acceptors (Lipinski definition) is 4. The monoisotopic (exact) mass is 339 g/mol.